The van der Waals surface area contributed by atoms with Gasteiger partial charge in [-0.3, -0.25) is 5.01 Å². The van der Waals surface area contributed by atoms with Gasteiger partial charge in [0.05, 0.1) is 6.54 Å². The van der Waals surface area contributed by atoms with Gasteiger partial charge in [-0.1, -0.05) is 31.9 Å². The lowest BCUT2D eigenvalue weighted by atomic mass is 10.3. The second-order valence-corrected chi connectivity index (χ2v) is 3.04. The zero-order valence-electron chi connectivity index (χ0n) is 8.58. The van der Waals surface area contributed by atoms with Gasteiger partial charge in [-0.2, -0.15) is 5.11 Å². The van der Waals surface area contributed by atoms with Gasteiger partial charge in [-0.05, 0) is 12.8 Å². The van der Waals surface area contributed by atoms with Gasteiger partial charge < -0.3 is 0 Å². The maximum absolute atomic E-state index is 4.06. The van der Waals surface area contributed by atoms with E-state index in [-0.39, 0.29) is 0 Å². The Kier molecular flexibility index (Phi) is 8.07. The summed E-state index contributed by atoms with van der Waals surface area (Å²) in [5.74, 6) is 0. The van der Waals surface area contributed by atoms with Crippen molar-refractivity contribution in [2.75, 3.05) is 20.1 Å². The Morgan fingerprint density at radius 1 is 1.08 bits per heavy atom. The third kappa shape index (κ3) is 7.51. The highest BCUT2D eigenvalue weighted by atomic mass is 15.5. The van der Waals surface area contributed by atoms with E-state index in [1.807, 2.05) is 12.1 Å². The number of hydrogen-bond donors (Lipinski definition) is 0. The topological polar surface area (TPSA) is 28.0 Å². The molecule has 0 rings (SSSR count). The van der Waals surface area contributed by atoms with Crippen LogP contribution in [0.15, 0.2) is 10.3 Å². The van der Waals surface area contributed by atoms with E-state index in [2.05, 4.69) is 24.2 Å². The Morgan fingerprint density at radius 3 is 2.33 bits per heavy atom. The molecule has 0 aromatic rings. The molecule has 72 valence electrons. The molecule has 0 radical (unpaired) electrons. The summed E-state index contributed by atoms with van der Waals surface area (Å²) in [5.41, 5.74) is 0. The van der Waals surface area contributed by atoms with E-state index in [1.165, 1.54) is 19.3 Å². The Hall–Kier alpha value is -0.600. The van der Waals surface area contributed by atoms with Gasteiger partial charge in [0, 0.05) is 13.6 Å². The quantitative estimate of drug-likeness (QED) is 0.329. The van der Waals surface area contributed by atoms with Crippen molar-refractivity contribution in [3.05, 3.63) is 0 Å². The molecule has 0 fully saturated rings. The van der Waals surface area contributed by atoms with Crippen LogP contribution < -0.4 is 0 Å². The Morgan fingerprint density at radius 2 is 1.75 bits per heavy atom. The molecule has 3 nitrogen and oxygen atoms in total. The fraction of sp³-hybridized carbons (Fsp3) is 1.00. The van der Waals surface area contributed by atoms with Crippen molar-refractivity contribution >= 4 is 0 Å². The summed E-state index contributed by atoms with van der Waals surface area (Å²) in [5, 5.41) is 10.0. The summed E-state index contributed by atoms with van der Waals surface area (Å²) < 4.78 is 0. The first kappa shape index (κ1) is 11.4. The van der Waals surface area contributed by atoms with Gasteiger partial charge in [-0.25, -0.2) is 0 Å². The molecular weight excluding hydrogens is 150 g/mol. The zero-order valence-corrected chi connectivity index (χ0v) is 8.58. The summed E-state index contributed by atoms with van der Waals surface area (Å²) in [6, 6.07) is 0. The lowest BCUT2D eigenvalue weighted by molar-refractivity contribution is 0.319. The van der Waals surface area contributed by atoms with Crippen LogP contribution in [0.1, 0.15) is 39.5 Å². The maximum Gasteiger partial charge on any atom is 0.0620 e. The maximum atomic E-state index is 4.06. The van der Waals surface area contributed by atoms with Crippen LogP contribution in [-0.2, 0) is 0 Å². The molecule has 0 saturated carbocycles. The minimum absolute atomic E-state index is 0.868. The molecule has 0 bridgehead atoms. The molecule has 0 aromatic heterocycles. The van der Waals surface area contributed by atoms with E-state index >= 15 is 0 Å². The molecule has 0 N–H and O–H groups in total. The minimum atomic E-state index is 0.868. The van der Waals surface area contributed by atoms with Crippen molar-refractivity contribution in [3.8, 4) is 0 Å². The number of nitrogens with zero attached hydrogens (tertiary/aromatic N) is 3. The van der Waals surface area contributed by atoms with Gasteiger partial charge in [0.25, 0.3) is 0 Å². The highest BCUT2D eigenvalue weighted by Gasteiger charge is 1.90. The highest BCUT2D eigenvalue weighted by molar-refractivity contribution is 4.42. The Bertz CT molecular complexity index is 112. The highest BCUT2D eigenvalue weighted by Crippen LogP contribution is 1.94. The van der Waals surface area contributed by atoms with Crippen LogP contribution in [0.25, 0.3) is 0 Å². The standard InChI is InChI=1S/C9H21N3/c1-4-6-8-10-11-12(3)9-7-5-2/h4-9H2,1-3H3. The number of hydrogen-bond acceptors (Lipinski definition) is 2. The molecule has 0 aliphatic rings. The van der Waals surface area contributed by atoms with Crippen molar-refractivity contribution < 1.29 is 0 Å². The summed E-state index contributed by atoms with van der Waals surface area (Å²) >= 11 is 0. The Labute approximate surface area is 75.8 Å². The second-order valence-electron chi connectivity index (χ2n) is 3.04. The number of rotatable bonds is 7. The first-order valence-corrected chi connectivity index (χ1v) is 4.89. The fourth-order valence-electron chi connectivity index (χ4n) is 0.813. The second kappa shape index (κ2) is 8.50. The van der Waals surface area contributed by atoms with E-state index < -0.39 is 0 Å². The van der Waals surface area contributed by atoms with E-state index in [9.17, 15) is 0 Å². The normalized spacial score (nSPS) is 10.9. The van der Waals surface area contributed by atoms with Crippen molar-refractivity contribution in [1.29, 1.82) is 0 Å². The van der Waals surface area contributed by atoms with Crippen LogP contribution in [0.4, 0.5) is 0 Å². The smallest absolute Gasteiger partial charge is 0.0620 e. The first-order valence-electron chi connectivity index (χ1n) is 4.89. The van der Waals surface area contributed by atoms with E-state index in [0.717, 1.165) is 19.5 Å². The lowest BCUT2D eigenvalue weighted by Gasteiger charge is -2.09. The molecule has 0 atom stereocenters. The van der Waals surface area contributed by atoms with Crippen LogP contribution >= 0.6 is 0 Å². The molecule has 0 saturated heterocycles. The fourth-order valence-corrected chi connectivity index (χ4v) is 0.813. The predicted molar refractivity (Wildman–Crippen MR) is 52.2 cm³/mol. The third-order valence-corrected chi connectivity index (χ3v) is 1.66. The average molecular weight is 171 g/mol. The molecule has 0 aliphatic carbocycles. The van der Waals surface area contributed by atoms with Gasteiger partial charge in [0.15, 0.2) is 0 Å². The molecular formula is C9H21N3. The molecule has 0 heterocycles. The molecule has 0 spiro atoms. The van der Waals surface area contributed by atoms with Gasteiger partial charge in [0.1, 0.15) is 0 Å². The monoisotopic (exact) mass is 171 g/mol. The molecule has 12 heavy (non-hydrogen) atoms. The van der Waals surface area contributed by atoms with Crippen LogP contribution in [0.5, 0.6) is 0 Å². The minimum Gasteiger partial charge on any atom is -0.282 e. The zero-order chi connectivity index (χ0) is 9.23. The van der Waals surface area contributed by atoms with Crippen LogP contribution in [0.2, 0.25) is 0 Å². The summed E-state index contributed by atoms with van der Waals surface area (Å²) in [6.45, 7) is 6.23. The van der Waals surface area contributed by atoms with Crippen molar-refractivity contribution in [3.63, 3.8) is 0 Å². The summed E-state index contributed by atoms with van der Waals surface area (Å²) in [4.78, 5) is 0. The van der Waals surface area contributed by atoms with E-state index in [1.54, 1.807) is 0 Å². The SMILES string of the molecule is CCCCN=NN(C)CCCC. The van der Waals surface area contributed by atoms with Crippen molar-refractivity contribution in [2.24, 2.45) is 10.3 Å². The largest absolute Gasteiger partial charge is 0.282 e. The first-order chi connectivity index (χ1) is 5.81. The van der Waals surface area contributed by atoms with Gasteiger partial charge >= 0.3 is 0 Å². The van der Waals surface area contributed by atoms with Crippen molar-refractivity contribution in [1.82, 2.24) is 5.01 Å². The predicted octanol–water partition coefficient (Wildman–Crippen LogP) is 2.89. The molecule has 0 aliphatic heterocycles. The van der Waals surface area contributed by atoms with E-state index in [4.69, 9.17) is 0 Å². The molecule has 0 amide bonds. The van der Waals surface area contributed by atoms with Gasteiger partial charge in [-0.15, -0.1) is 0 Å². The van der Waals surface area contributed by atoms with Gasteiger partial charge in [0.2, 0.25) is 0 Å². The lowest BCUT2D eigenvalue weighted by Crippen LogP contribution is -2.11. The summed E-state index contributed by atoms with van der Waals surface area (Å²) in [6.07, 6.45) is 4.75. The summed E-state index contributed by atoms with van der Waals surface area (Å²) in [7, 11) is 1.98. The molecule has 3 heteroatoms. The number of unbranched alkanes of at least 4 members (excludes halogenated alkanes) is 2. The van der Waals surface area contributed by atoms with Crippen molar-refractivity contribution in [2.45, 2.75) is 39.5 Å². The van der Waals surface area contributed by atoms with Crippen LogP contribution in [0, 0.1) is 0 Å². The molecule has 0 aromatic carbocycles. The average Bonchev–Trinajstić information content (AvgIpc) is 2.09. The third-order valence-electron chi connectivity index (χ3n) is 1.66. The molecule has 0 unspecified atom stereocenters. The van der Waals surface area contributed by atoms with Crippen LogP contribution in [0.3, 0.4) is 0 Å². The van der Waals surface area contributed by atoms with E-state index in [0.29, 0.717) is 0 Å². The Balaban J connectivity index is 3.27. The van der Waals surface area contributed by atoms with Crippen LogP contribution in [-0.4, -0.2) is 25.1 Å².